The van der Waals surface area contributed by atoms with Gasteiger partial charge < -0.3 is 19.5 Å². The second-order valence-electron chi connectivity index (χ2n) is 6.02. The molecule has 0 fully saturated rings. The van der Waals surface area contributed by atoms with Gasteiger partial charge in [0.15, 0.2) is 11.5 Å². The number of methoxy groups -OCH3 is 3. The molecule has 0 saturated heterocycles. The van der Waals surface area contributed by atoms with Gasteiger partial charge in [-0.25, -0.2) is 4.68 Å². The minimum Gasteiger partial charge on any atom is -0.497 e. The highest BCUT2D eigenvalue weighted by Gasteiger charge is 2.24. The van der Waals surface area contributed by atoms with E-state index in [0.717, 1.165) is 22.6 Å². The lowest BCUT2D eigenvalue weighted by Crippen LogP contribution is -2.20. The highest BCUT2D eigenvalue weighted by atomic mass is 16.5. The maximum Gasteiger partial charge on any atom is 0.226 e. The Morgan fingerprint density at radius 2 is 1.70 bits per heavy atom. The average Bonchev–Trinajstić information content (AvgIpc) is 3.21. The lowest BCUT2D eigenvalue weighted by atomic mass is 10.0. The maximum absolute atomic E-state index is 5.43. The first-order valence-electron chi connectivity index (χ1n) is 8.48. The molecule has 2 heterocycles. The number of hydrogen-bond acceptors (Lipinski definition) is 6. The third-order valence-corrected chi connectivity index (χ3v) is 4.56. The molecule has 0 aliphatic carbocycles. The van der Waals surface area contributed by atoms with E-state index in [1.165, 1.54) is 0 Å². The first-order valence-corrected chi connectivity index (χ1v) is 8.48. The summed E-state index contributed by atoms with van der Waals surface area (Å²) in [6, 6.07) is 13.7. The maximum atomic E-state index is 5.43. The van der Waals surface area contributed by atoms with Gasteiger partial charge in [0.05, 0.1) is 21.3 Å². The summed E-state index contributed by atoms with van der Waals surface area (Å²) in [5.41, 5.74) is 2.99. The molecule has 4 rings (SSSR count). The van der Waals surface area contributed by atoms with Crippen molar-refractivity contribution in [3.8, 4) is 17.2 Å². The molecular formula is C20H20N4O3. The molecule has 27 heavy (non-hydrogen) atoms. The number of hydrogen-bond donors (Lipinski definition) is 1. The first-order chi connectivity index (χ1) is 13.2. The molecule has 1 unspecified atom stereocenters. The van der Waals surface area contributed by atoms with Gasteiger partial charge in [0.2, 0.25) is 5.95 Å². The van der Waals surface area contributed by atoms with Crippen LogP contribution in [0.1, 0.15) is 17.2 Å². The number of anilines is 1. The van der Waals surface area contributed by atoms with E-state index in [-0.39, 0.29) is 6.04 Å². The number of nitrogens with zero attached hydrogens (tertiary/aromatic N) is 3. The van der Waals surface area contributed by atoms with Crippen LogP contribution in [-0.4, -0.2) is 36.1 Å². The highest BCUT2D eigenvalue weighted by Crippen LogP contribution is 2.35. The Morgan fingerprint density at radius 3 is 2.41 bits per heavy atom. The summed E-state index contributed by atoms with van der Waals surface area (Å²) < 4.78 is 17.9. The summed E-state index contributed by atoms with van der Waals surface area (Å²) in [5.74, 6) is 2.86. The van der Waals surface area contributed by atoms with Crippen LogP contribution in [0.2, 0.25) is 0 Å². The second kappa shape index (κ2) is 7.03. The van der Waals surface area contributed by atoms with E-state index in [4.69, 9.17) is 14.2 Å². The van der Waals surface area contributed by atoms with Crippen LogP contribution in [0.3, 0.4) is 0 Å². The Balaban J connectivity index is 1.76. The number of ether oxygens (including phenoxy) is 3. The van der Waals surface area contributed by atoms with Gasteiger partial charge in [-0.1, -0.05) is 12.1 Å². The van der Waals surface area contributed by atoms with E-state index in [1.807, 2.05) is 47.1 Å². The standard InChI is InChI=1S/C20H20N4O3/c1-25-15-7-4-13(5-8-15)17-11-16(23-20-21-12-22-24(17)20)14-6-9-18(26-2)19(10-14)27-3/h4-12,17H,1-3H3,(H,21,22,23). The summed E-state index contributed by atoms with van der Waals surface area (Å²) in [5, 5.41) is 7.70. The Kier molecular flexibility index (Phi) is 4.42. The van der Waals surface area contributed by atoms with Crippen LogP contribution in [0.4, 0.5) is 5.95 Å². The third-order valence-electron chi connectivity index (χ3n) is 4.56. The van der Waals surface area contributed by atoms with Crippen molar-refractivity contribution in [1.29, 1.82) is 0 Å². The molecule has 0 bridgehead atoms. The molecule has 0 saturated carbocycles. The van der Waals surface area contributed by atoms with Gasteiger partial charge in [0.25, 0.3) is 0 Å². The number of aromatic nitrogens is 3. The van der Waals surface area contributed by atoms with Crippen molar-refractivity contribution >= 4 is 11.6 Å². The Bertz CT molecular complexity index is 979. The van der Waals surface area contributed by atoms with Crippen LogP contribution >= 0.6 is 0 Å². The molecule has 0 amide bonds. The van der Waals surface area contributed by atoms with E-state index in [9.17, 15) is 0 Å². The predicted octanol–water partition coefficient (Wildman–Crippen LogP) is 3.36. The zero-order valence-electron chi connectivity index (χ0n) is 15.3. The van der Waals surface area contributed by atoms with Crippen molar-refractivity contribution in [2.75, 3.05) is 26.6 Å². The zero-order valence-corrected chi connectivity index (χ0v) is 15.3. The Labute approximate surface area is 157 Å². The minimum atomic E-state index is -0.0854. The first kappa shape index (κ1) is 17.0. The number of benzene rings is 2. The van der Waals surface area contributed by atoms with Crippen LogP contribution in [0.25, 0.3) is 5.70 Å². The molecule has 0 radical (unpaired) electrons. The fourth-order valence-corrected chi connectivity index (χ4v) is 3.14. The van der Waals surface area contributed by atoms with Crippen molar-refractivity contribution in [3.63, 3.8) is 0 Å². The lowest BCUT2D eigenvalue weighted by molar-refractivity contribution is 0.355. The van der Waals surface area contributed by atoms with E-state index in [0.29, 0.717) is 17.4 Å². The molecule has 1 atom stereocenters. The van der Waals surface area contributed by atoms with E-state index >= 15 is 0 Å². The second-order valence-corrected chi connectivity index (χ2v) is 6.02. The monoisotopic (exact) mass is 364 g/mol. The van der Waals surface area contributed by atoms with Crippen LogP contribution in [0, 0.1) is 0 Å². The van der Waals surface area contributed by atoms with Gasteiger partial charge in [0, 0.05) is 11.3 Å². The van der Waals surface area contributed by atoms with Crippen molar-refractivity contribution in [3.05, 3.63) is 66.0 Å². The summed E-state index contributed by atoms with van der Waals surface area (Å²) >= 11 is 0. The molecule has 1 aliphatic rings. The summed E-state index contributed by atoms with van der Waals surface area (Å²) in [6.07, 6.45) is 3.66. The predicted molar refractivity (Wildman–Crippen MR) is 102 cm³/mol. The van der Waals surface area contributed by atoms with Gasteiger partial charge in [-0.3, -0.25) is 0 Å². The number of nitrogens with one attached hydrogen (secondary N) is 1. The van der Waals surface area contributed by atoms with Crippen LogP contribution < -0.4 is 19.5 Å². The van der Waals surface area contributed by atoms with Crippen molar-refractivity contribution in [2.45, 2.75) is 6.04 Å². The van der Waals surface area contributed by atoms with Gasteiger partial charge in [0.1, 0.15) is 18.1 Å². The molecular weight excluding hydrogens is 344 g/mol. The normalized spacial score (nSPS) is 15.4. The number of fused-ring (bicyclic) bond motifs is 1. The molecule has 1 aliphatic heterocycles. The molecule has 7 nitrogen and oxygen atoms in total. The molecule has 0 spiro atoms. The quantitative estimate of drug-likeness (QED) is 0.749. The SMILES string of the molecule is COc1ccc(C2C=C(c3ccc(OC)c(OC)c3)Nc3ncnn32)cc1. The van der Waals surface area contributed by atoms with E-state index in [2.05, 4.69) is 21.5 Å². The molecule has 3 aromatic rings. The Hall–Kier alpha value is -3.48. The summed E-state index contributed by atoms with van der Waals surface area (Å²) in [6.45, 7) is 0. The van der Waals surface area contributed by atoms with Gasteiger partial charge >= 0.3 is 0 Å². The minimum absolute atomic E-state index is 0.0854. The van der Waals surface area contributed by atoms with Crippen molar-refractivity contribution in [1.82, 2.24) is 14.8 Å². The lowest BCUT2D eigenvalue weighted by Gasteiger charge is -2.25. The zero-order chi connectivity index (χ0) is 18.8. The molecule has 1 aromatic heterocycles. The largest absolute Gasteiger partial charge is 0.497 e. The van der Waals surface area contributed by atoms with Gasteiger partial charge in [-0.2, -0.15) is 10.1 Å². The number of allylic oxidation sites excluding steroid dienone is 1. The molecule has 2 aromatic carbocycles. The van der Waals surface area contributed by atoms with Crippen LogP contribution in [0.15, 0.2) is 54.9 Å². The van der Waals surface area contributed by atoms with Crippen LogP contribution in [-0.2, 0) is 0 Å². The molecule has 138 valence electrons. The average molecular weight is 364 g/mol. The van der Waals surface area contributed by atoms with Crippen molar-refractivity contribution in [2.24, 2.45) is 0 Å². The van der Waals surface area contributed by atoms with E-state index < -0.39 is 0 Å². The molecule has 1 N–H and O–H groups in total. The molecule has 7 heteroatoms. The van der Waals surface area contributed by atoms with Gasteiger partial charge in [-0.15, -0.1) is 0 Å². The van der Waals surface area contributed by atoms with E-state index in [1.54, 1.807) is 27.7 Å². The third kappa shape index (κ3) is 3.08. The van der Waals surface area contributed by atoms with Crippen LogP contribution in [0.5, 0.6) is 17.2 Å². The Morgan fingerprint density at radius 1 is 0.926 bits per heavy atom. The van der Waals surface area contributed by atoms with Crippen molar-refractivity contribution < 1.29 is 14.2 Å². The summed E-state index contributed by atoms with van der Waals surface area (Å²) in [4.78, 5) is 4.34. The summed E-state index contributed by atoms with van der Waals surface area (Å²) in [7, 11) is 4.91. The topological polar surface area (TPSA) is 70.4 Å². The van der Waals surface area contributed by atoms with Gasteiger partial charge in [-0.05, 0) is 42.0 Å². The highest BCUT2D eigenvalue weighted by molar-refractivity contribution is 5.78. The fourth-order valence-electron chi connectivity index (χ4n) is 3.14. The smallest absolute Gasteiger partial charge is 0.226 e. The number of rotatable bonds is 5. The fraction of sp³-hybridized carbons (Fsp3) is 0.200.